The molecule has 0 atom stereocenters. The molecule has 1 aromatic heterocycles. The zero-order chi connectivity index (χ0) is 11.6. The molecule has 0 spiro atoms. The highest BCUT2D eigenvalue weighted by molar-refractivity contribution is 5.55. The molecule has 0 aliphatic heterocycles. The average Bonchev–Trinajstić information content (AvgIpc) is 2.13. The van der Waals surface area contributed by atoms with Gasteiger partial charge in [-0.15, -0.1) is 0 Å². The van der Waals surface area contributed by atoms with E-state index >= 15 is 0 Å². The summed E-state index contributed by atoms with van der Waals surface area (Å²) < 4.78 is 0. The number of hydrogen-bond acceptors (Lipinski definition) is 4. The second kappa shape index (κ2) is 4.04. The van der Waals surface area contributed by atoms with E-state index in [1.165, 1.54) is 0 Å². The van der Waals surface area contributed by atoms with Crippen LogP contribution in [0, 0.1) is 13.8 Å². The first kappa shape index (κ1) is 11.8. The summed E-state index contributed by atoms with van der Waals surface area (Å²) in [7, 11) is 0. The standard InChI is InChI=1S/C11H20N4/c1-6-11(4,5)15-10-7(2)9(12)13-8(3)14-10/h6H2,1-5H3,(H3,12,13,14,15). The molecule has 3 N–H and O–H groups in total. The average molecular weight is 208 g/mol. The summed E-state index contributed by atoms with van der Waals surface area (Å²) in [6.45, 7) is 10.2. The maximum absolute atomic E-state index is 5.79. The second-order valence-electron chi connectivity index (χ2n) is 4.49. The van der Waals surface area contributed by atoms with E-state index in [4.69, 9.17) is 5.73 Å². The third-order valence-corrected chi connectivity index (χ3v) is 2.64. The largest absolute Gasteiger partial charge is 0.383 e. The molecule has 1 rings (SSSR count). The molecule has 0 amide bonds. The van der Waals surface area contributed by atoms with Gasteiger partial charge in [-0.3, -0.25) is 0 Å². The van der Waals surface area contributed by atoms with Crippen molar-refractivity contribution in [3.8, 4) is 0 Å². The van der Waals surface area contributed by atoms with Crippen molar-refractivity contribution in [3.63, 3.8) is 0 Å². The number of aromatic nitrogens is 2. The van der Waals surface area contributed by atoms with Crippen molar-refractivity contribution in [2.45, 2.75) is 46.6 Å². The van der Waals surface area contributed by atoms with Crippen LogP contribution in [0.25, 0.3) is 0 Å². The van der Waals surface area contributed by atoms with Crippen LogP contribution in [0.2, 0.25) is 0 Å². The van der Waals surface area contributed by atoms with E-state index in [0.29, 0.717) is 11.6 Å². The Balaban J connectivity index is 3.05. The number of nitrogen functional groups attached to an aromatic ring is 1. The van der Waals surface area contributed by atoms with Crippen LogP contribution in [0.3, 0.4) is 0 Å². The van der Waals surface area contributed by atoms with Crippen LogP contribution in [-0.2, 0) is 0 Å². The summed E-state index contributed by atoms with van der Waals surface area (Å²) in [5.74, 6) is 2.09. The van der Waals surface area contributed by atoms with Gasteiger partial charge in [0.1, 0.15) is 17.5 Å². The summed E-state index contributed by atoms with van der Waals surface area (Å²) in [6, 6.07) is 0. The van der Waals surface area contributed by atoms with Gasteiger partial charge in [0.2, 0.25) is 0 Å². The molecular weight excluding hydrogens is 188 g/mol. The molecule has 0 unspecified atom stereocenters. The van der Waals surface area contributed by atoms with Crippen molar-refractivity contribution in [1.82, 2.24) is 9.97 Å². The first-order valence-corrected chi connectivity index (χ1v) is 5.24. The van der Waals surface area contributed by atoms with Crippen LogP contribution < -0.4 is 11.1 Å². The van der Waals surface area contributed by atoms with Crippen molar-refractivity contribution >= 4 is 11.6 Å². The second-order valence-corrected chi connectivity index (χ2v) is 4.49. The Hall–Kier alpha value is -1.32. The molecule has 0 aliphatic rings. The minimum absolute atomic E-state index is 0.0258. The van der Waals surface area contributed by atoms with Gasteiger partial charge in [0, 0.05) is 11.1 Å². The highest BCUT2D eigenvalue weighted by atomic mass is 15.1. The van der Waals surface area contributed by atoms with Crippen molar-refractivity contribution in [1.29, 1.82) is 0 Å². The number of anilines is 2. The quantitative estimate of drug-likeness (QED) is 0.800. The zero-order valence-corrected chi connectivity index (χ0v) is 10.2. The van der Waals surface area contributed by atoms with E-state index < -0.39 is 0 Å². The maximum Gasteiger partial charge on any atom is 0.135 e. The molecule has 1 heterocycles. The van der Waals surface area contributed by atoms with E-state index in [1.807, 2.05) is 13.8 Å². The van der Waals surface area contributed by atoms with Gasteiger partial charge in [0.05, 0.1) is 0 Å². The van der Waals surface area contributed by atoms with E-state index in [9.17, 15) is 0 Å². The Morgan fingerprint density at radius 2 is 1.87 bits per heavy atom. The Labute approximate surface area is 91.3 Å². The molecule has 84 valence electrons. The summed E-state index contributed by atoms with van der Waals surface area (Å²) in [4.78, 5) is 8.48. The summed E-state index contributed by atoms with van der Waals surface area (Å²) in [5, 5.41) is 3.39. The lowest BCUT2D eigenvalue weighted by Crippen LogP contribution is -2.31. The zero-order valence-electron chi connectivity index (χ0n) is 10.2. The van der Waals surface area contributed by atoms with Gasteiger partial charge in [0.15, 0.2) is 0 Å². The normalized spacial score (nSPS) is 11.5. The Kier molecular flexibility index (Phi) is 3.17. The van der Waals surface area contributed by atoms with Gasteiger partial charge < -0.3 is 11.1 Å². The topological polar surface area (TPSA) is 63.8 Å². The first-order valence-electron chi connectivity index (χ1n) is 5.24. The van der Waals surface area contributed by atoms with Gasteiger partial charge in [0.25, 0.3) is 0 Å². The van der Waals surface area contributed by atoms with Gasteiger partial charge in [-0.05, 0) is 34.1 Å². The van der Waals surface area contributed by atoms with Gasteiger partial charge in [-0.1, -0.05) is 6.92 Å². The molecule has 0 radical (unpaired) electrons. The number of nitrogens with one attached hydrogen (secondary N) is 1. The summed E-state index contributed by atoms with van der Waals surface area (Å²) >= 11 is 0. The maximum atomic E-state index is 5.79. The summed E-state index contributed by atoms with van der Waals surface area (Å²) in [5.41, 5.74) is 6.74. The monoisotopic (exact) mass is 208 g/mol. The molecule has 0 aliphatic carbocycles. The molecule has 0 saturated carbocycles. The third kappa shape index (κ3) is 2.81. The fourth-order valence-corrected chi connectivity index (χ4v) is 1.18. The molecule has 15 heavy (non-hydrogen) atoms. The number of aryl methyl sites for hydroxylation is 1. The molecule has 4 nitrogen and oxygen atoms in total. The van der Waals surface area contributed by atoms with E-state index in [2.05, 4.69) is 36.1 Å². The lowest BCUT2D eigenvalue weighted by atomic mass is 10.0. The molecule has 0 aromatic carbocycles. The van der Waals surface area contributed by atoms with E-state index in [0.717, 1.165) is 17.8 Å². The number of nitrogens with zero attached hydrogens (tertiary/aromatic N) is 2. The van der Waals surface area contributed by atoms with Crippen LogP contribution >= 0.6 is 0 Å². The van der Waals surface area contributed by atoms with Gasteiger partial charge in [-0.2, -0.15) is 0 Å². The molecule has 0 bridgehead atoms. The summed E-state index contributed by atoms with van der Waals surface area (Å²) in [6.07, 6.45) is 1.02. The smallest absolute Gasteiger partial charge is 0.135 e. The van der Waals surface area contributed by atoms with Crippen LogP contribution in [0.5, 0.6) is 0 Å². The molecule has 0 saturated heterocycles. The molecule has 4 heteroatoms. The highest BCUT2D eigenvalue weighted by Crippen LogP contribution is 2.22. The van der Waals surface area contributed by atoms with Crippen LogP contribution in [0.4, 0.5) is 11.6 Å². The Morgan fingerprint density at radius 1 is 1.27 bits per heavy atom. The van der Waals surface area contributed by atoms with Crippen molar-refractivity contribution < 1.29 is 0 Å². The fourth-order valence-electron chi connectivity index (χ4n) is 1.18. The highest BCUT2D eigenvalue weighted by Gasteiger charge is 2.17. The van der Waals surface area contributed by atoms with Crippen molar-refractivity contribution in [2.24, 2.45) is 0 Å². The SMILES string of the molecule is CCC(C)(C)Nc1nc(C)nc(N)c1C. The minimum atomic E-state index is 0.0258. The lowest BCUT2D eigenvalue weighted by molar-refractivity contribution is 0.544. The van der Waals surface area contributed by atoms with Crippen molar-refractivity contribution in [2.75, 3.05) is 11.1 Å². The molecule has 1 aromatic rings. The Morgan fingerprint density at radius 3 is 2.40 bits per heavy atom. The number of rotatable bonds is 3. The van der Waals surface area contributed by atoms with Crippen molar-refractivity contribution in [3.05, 3.63) is 11.4 Å². The van der Waals surface area contributed by atoms with E-state index in [1.54, 1.807) is 0 Å². The molecule has 0 fully saturated rings. The first-order chi connectivity index (χ1) is 6.85. The predicted octanol–water partition coefficient (Wildman–Crippen LogP) is 2.28. The van der Waals surface area contributed by atoms with Crippen LogP contribution in [0.1, 0.15) is 38.6 Å². The Bertz CT molecular complexity index is 358. The van der Waals surface area contributed by atoms with Gasteiger partial charge in [-0.25, -0.2) is 9.97 Å². The van der Waals surface area contributed by atoms with Crippen LogP contribution in [-0.4, -0.2) is 15.5 Å². The molecular formula is C11H20N4. The fraction of sp³-hybridized carbons (Fsp3) is 0.636. The van der Waals surface area contributed by atoms with E-state index in [-0.39, 0.29) is 5.54 Å². The lowest BCUT2D eigenvalue weighted by Gasteiger charge is -2.26. The van der Waals surface area contributed by atoms with Crippen LogP contribution in [0.15, 0.2) is 0 Å². The number of nitrogens with two attached hydrogens (primary N) is 1. The number of hydrogen-bond donors (Lipinski definition) is 2. The minimum Gasteiger partial charge on any atom is -0.383 e. The predicted molar refractivity (Wildman–Crippen MR) is 63.9 cm³/mol. The third-order valence-electron chi connectivity index (χ3n) is 2.64. The van der Waals surface area contributed by atoms with Gasteiger partial charge >= 0.3 is 0 Å².